The van der Waals surface area contributed by atoms with Gasteiger partial charge in [-0.3, -0.25) is 9.59 Å². The van der Waals surface area contributed by atoms with E-state index in [0.717, 1.165) is 45.2 Å². The van der Waals surface area contributed by atoms with Gasteiger partial charge in [-0.1, -0.05) is 6.92 Å². The highest BCUT2D eigenvalue weighted by atomic mass is 16.3. The Balaban J connectivity index is 1.72. The lowest BCUT2D eigenvalue weighted by molar-refractivity contribution is -0.138. The Hall–Kier alpha value is -1.78. The molecule has 0 N–H and O–H groups in total. The lowest BCUT2D eigenvalue weighted by Crippen LogP contribution is -2.54. The number of nitrogens with zero attached hydrogens (tertiary/aromatic N) is 2. The number of amides is 2. The van der Waals surface area contributed by atoms with E-state index in [4.69, 9.17) is 4.42 Å². The van der Waals surface area contributed by atoms with E-state index in [1.807, 2.05) is 4.90 Å². The van der Waals surface area contributed by atoms with E-state index in [1.54, 1.807) is 11.0 Å². The Labute approximate surface area is 131 Å². The zero-order valence-corrected chi connectivity index (χ0v) is 13.2. The van der Waals surface area contributed by atoms with Gasteiger partial charge in [0.1, 0.15) is 12.3 Å². The molecule has 0 radical (unpaired) electrons. The van der Waals surface area contributed by atoms with Crippen LogP contribution in [-0.4, -0.2) is 47.3 Å². The topological polar surface area (TPSA) is 53.8 Å². The number of hydrogen-bond donors (Lipinski definition) is 0. The molecule has 2 aliphatic heterocycles. The standard InChI is InChI=1S/C17H24N2O3/c1-13-5-9-18(10-6-13)17(21)15-4-2-3-8-19(15)16(20)14-7-11-22-12-14/h7,11-13,15H,2-6,8-10H2,1H3. The fourth-order valence-electron chi connectivity index (χ4n) is 3.42. The highest BCUT2D eigenvalue weighted by Gasteiger charge is 2.36. The quantitative estimate of drug-likeness (QED) is 0.843. The second-order valence-corrected chi connectivity index (χ2v) is 6.53. The van der Waals surface area contributed by atoms with Gasteiger partial charge in [-0.15, -0.1) is 0 Å². The van der Waals surface area contributed by atoms with Gasteiger partial charge >= 0.3 is 0 Å². The molecule has 2 amide bonds. The third-order valence-electron chi connectivity index (χ3n) is 4.91. The summed E-state index contributed by atoms with van der Waals surface area (Å²) in [6.45, 7) is 4.54. The van der Waals surface area contributed by atoms with E-state index in [9.17, 15) is 9.59 Å². The van der Waals surface area contributed by atoms with Crippen molar-refractivity contribution in [2.24, 2.45) is 5.92 Å². The Bertz CT molecular complexity index is 518. The van der Waals surface area contributed by atoms with Crippen LogP contribution in [0.2, 0.25) is 0 Å². The van der Waals surface area contributed by atoms with E-state index in [2.05, 4.69) is 6.92 Å². The molecule has 0 bridgehead atoms. The van der Waals surface area contributed by atoms with Crippen molar-refractivity contribution < 1.29 is 14.0 Å². The van der Waals surface area contributed by atoms with Crippen LogP contribution in [0.15, 0.2) is 23.0 Å². The highest BCUT2D eigenvalue weighted by molar-refractivity contribution is 5.97. The van der Waals surface area contributed by atoms with Gasteiger partial charge in [0.25, 0.3) is 5.91 Å². The van der Waals surface area contributed by atoms with Gasteiger partial charge in [-0.25, -0.2) is 0 Å². The van der Waals surface area contributed by atoms with Crippen LogP contribution in [0.5, 0.6) is 0 Å². The summed E-state index contributed by atoms with van der Waals surface area (Å²) in [4.78, 5) is 29.2. The average molecular weight is 304 g/mol. The van der Waals surface area contributed by atoms with Crippen molar-refractivity contribution in [3.8, 4) is 0 Å². The van der Waals surface area contributed by atoms with Gasteiger partial charge in [0.05, 0.1) is 11.8 Å². The minimum Gasteiger partial charge on any atom is -0.472 e. The average Bonchev–Trinajstić information content (AvgIpc) is 3.09. The molecule has 0 aromatic carbocycles. The normalized spacial score (nSPS) is 23.6. The molecule has 1 atom stereocenters. The zero-order chi connectivity index (χ0) is 15.5. The number of carbonyl (C=O) groups is 2. The maximum atomic E-state index is 12.9. The van der Waals surface area contributed by atoms with E-state index < -0.39 is 0 Å². The lowest BCUT2D eigenvalue weighted by atomic mass is 9.96. The molecule has 0 spiro atoms. The smallest absolute Gasteiger partial charge is 0.257 e. The molecule has 2 fully saturated rings. The molecule has 0 saturated carbocycles. The number of likely N-dealkylation sites (tertiary alicyclic amines) is 2. The minimum absolute atomic E-state index is 0.0859. The summed E-state index contributed by atoms with van der Waals surface area (Å²) in [6, 6.07) is 1.37. The van der Waals surface area contributed by atoms with Crippen LogP contribution in [0.25, 0.3) is 0 Å². The van der Waals surface area contributed by atoms with Gasteiger partial charge in [0, 0.05) is 19.6 Å². The van der Waals surface area contributed by atoms with Crippen molar-refractivity contribution in [3.05, 3.63) is 24.2 Å². The first-order valence-electron chi connectivity index (χ1n) is 8.29. The predicted molar refractivity (Wildman–Crippen MR) is 82.4 cm³/mol. The summed E-state index contributed by atoms with van der Waals surface area (Å²) in [5, 5.41) is 0. The first-order chi connectivity index (χ1) is 10.7. The number of rotatable bonds is 2. The van der Waals surface area contributed by atoms with Gasteiger partial charge in [-0.05, 0) is 44.1 Å². The van der Waals surface area contributed by atoms with E-state index in [0.29, 0.717) is 18.0 Å². The molecule has 5 nitrogen and oxygen atoms in total. The van der Waals surface area contributed by atoms with Crippen molar-refractivity contribution >= 4 is 11.8 Å². The van der Waals surface area contributed by atoms with Crippen molar-refractivity contribution in [1.82, 2.24) is 9.80 Å². The number of hydrogen-bond acceptors (Lipinski definition) is 3. The molecule has 0 aliphatic carbocycles. The maximum absolute atomic E-state index is 12.9. The molecular formula is C17H24N2O3. The van der Waals surface area contributed by atoms with Gasteiger partial charge in [0.2, 0.25) is 5.91 Å². The molecule has 1 aromatic rings. The largest absolute Gasteiger partial charge is 0.472 e. The van der Waals surface area contributed by atoms with Crippen molar-refractivity contribution in [1.29, 1.82) is 0 Å². The second-order valence-electron chi connectivity index (χ2n) is 6.53. The Kier molecular flexibility index (Phi) is 4.50. The van der Waals surface area contributed by atoms with Gasteiger partial charge in [0.15, 0.2) is 0 Å². The first kappa shape index (κ1) is 15.1. The summed E-state index contributed by atoms with van der Waals surface area (Å²) in [5.74, 6) is 0.736. The molecule has 3 rings (SSSR count). The summed E-state index contributed by atoms with van der Waals surface area (Å²) in [7, 11) is 0. The molecule has 5 heteroatoms. The molecule has 3 heterocycles. The molecule has 22 heavy (non-hydrogen) atoms. The lowest BCUT2D eigenvalue weighted by Gasteiger charge is -2.39. The zero-order valence-electron chi connectivity index (χ0n) is 13.2. The SMILES string of the molecule is CC1CCN(C(=O)C2CCCCN2C(=O)c2ccoc2)CC1. The van der Waals surface area contributed by atoms with Crippen LogP contribution in [0.3, 0.4) is 0 Å². The van der Waals surface area contributed by atoms with Crippen molar-refractivity contribution in [2.45, 2.75) is 45.1 Å². The predicted octanol–water partition coefficient (Wildman–Crippen LogP) is 2.53. The van der Waals surface area contributed by atoms with E-state index in [1.165, 1.54) is 12.5 Å². The van der Waals surface area contributed by atoms with Gasteiger partial charge < -0.3 is 14.2 Å². The highest BCUT2D eigenvalue weighted by Crippen LogP contribution is 2.24. The molecule has 2 saturated heterocycles. The maximum Gasteiger partial charge on any atom is 0.257 e. The summed E-state index contributed by atoms with van der Waals surface area (Å²) < 4.78 is 5.01. The molecule has 1 unspecified atom stereocenters. The fourth-order valence-corrected chi connectivity index (χ4v) is 3.42. The summed E-state index contributed by atoms with van der Waals surface area (Å²) >= 11 is 0. The van der Waals surface area contributed by atoms with Crippen LogP contribution in [0.4, 0.5) is 0 Å². The molecule has 120 valence electrons. The molecular weight excluding hydrogens is 280 g/mol. The molecule has 2 aliphatic rings. The third kappa shape index (κ3) is 3.03. The Morgan fingerprint density at radius 2 is 1.91 bits per heavy atom. The minimum atomic E-state index is -0.301. The van der Waals surface area contributed by atoms with Crippen LogP contribution < -0.4 is 0 Å². The number of piperidine rings is 2. The van der Waals surface area contributed by atoms with Gasteiger partial charge in [-0.2, -0.15) is 0 Å². The molecule has 1 aromatic heterocycles. The first-order valence-corrected chi connectivity index (χ1v) is 8.29. The van der Waals surface area contributed by atoms with E-state index in [-0.39, 0.29) is 17.9 Å². The van der Waals surface area contributed by atoms with Crippen LogP contribution in [-0.2, 0) is 4.79 Å². The second kappa shape index (κ2) is 6.55. The Morgan fingerprint density at radius 3 is 2.59 bits per heavy atom. The monoisotopic (exact) mass is 304 g/mol. The fraction of sp³-hybridized carbons (Fsp3) is 0.647. The van der Waals surface area contributed by atoms with E-state index >= 15 is 0 Å². The number of carbonyl (C=O) groups excluding carboxylic acids is 2. The van der Waals surface area contributed by atoms with Crippen molar-refractivity contribution in [3.63, 3.8) is 0 Å². The third-order valence-corrected chi connectivity index (χ3v) is 4.91. The van der Waals surface area contributed by atoms with Crippen LogP contribution in [0, 0.1) is 5.92 Å². The van der Waals surface area contributed by atoms with Crippen molar-refractivity contribution in [2.75, 3.05) is 19.6 Å². The summed E-state index contributed by atoms with van der Waals surface area (Å²) in [6.07, 6.45) is 7.83. The van der Waals surface area contributed by atoms with Crippen LogP contribution >= 0.6 is 0 Å². The summed E-state index contributed by atoms with van der Waals surface area (Å²) in [5.41, 5.74) is 0.534. The number of furan rings is 1. The Morgan fingerprint density at radius 1 is 1.14 bits per heavy atom. The van der Waals surface area contributed by atoms with Crippen LogP contribution in [0.1, 0.15) is 49.4 Å².